The summed E-state index contributed by atoms with van der Waals surface area (Å²) in [6.45, 7) is 0.474. The second kappa shape index (κ2) is 5.59. The minimum atomic E-state index is -0.282. The van der Waals surface area contributed by atoms with Gasteiger partial charge >= 0.3 is 0 Å². The molecule has 1 aliphatic rings. The maximum atomic E-state index is 12.2. The van der Waals surface area contributed by atoms with Crippen LogP contribution in [-0.4, -0.2) is 45.1 Å². The minimum absolute atomic E-state index is 0.0118. The van der Waals surface area contributed by atoms with Gasteiger partial charge in [-0.2, -0.15) is 0 Å². The van der Waals surface area contributed by atoms with E-state index < -0.39 is 0 Å². The topological polar surface area (TPSA) is 80.1 Å². The second-order valence-electron chi connectivity index (χ2n) is 5.51. The van der Waals surface area contributed by atoms with Crippen LogP contribution in [0.4, 0.5) is 5.69 Å². The van der Waals surface area contributed by atoms with E-state index in [2.05, 4.69) is 15.5 Å². The quantitative estimate of drug-likeness (QED) is 0.913. The van der Waals surface area contributed by atoms with Gasteiger partial charge in [0.1, 0.15) is 6.33 Å². The number of nitrogens with zero attached hydrogens (tertiary/aromatic N) is 4. The third kappa shape index (κ3) is 2.69. The minimum Gasteiger partial charge on any atom is -0.345 e. The van der Waals surface area contributed by atoms with Gasteiger partial charge in [0.25, 0.3) is 0 Å². The third-order valence-electron chi connectivity index (χ3n) is 3.83. The van der Waals surface area contributed by atoms with Crippen molar-refractivity contribution in [3.05, 3.63) is 30.6 Å². The highest BCUT2D eigenvalue weighted by Gasteiger charge is 2.32. The summed E-state index contributed by atoms with van der Waals surface area (Å²) in [4.78, 5) is 25.2. The van der Waals surface area contributed by atoms with Gasteiger partial charge in [0.05, 0.1) is 5.92 Å². The molecule has 3 rings (SSSR count). The SMILES string of the molecule is CN1CC(C(=O)Nc2ccc(-c3nncn3C)cc2)CC1=O. The van der Waals surface area contributed by atoms with Crippen molar-refractivity contribution in [3.8, 4) is 11.4 Å². The number of carbonyl (C=O) groups excluding carboxylic acids is 2. The first-order valence-corrected chi connectivity index (χ1v) is 7.04. The van der Waals surface area contributed by atoms with E-state index in [0.29, 0.717) is 12.2 Å². The van der Waals surface area contributed by atoms with Crippen molar-refractivity contribution < 1.29 is 9.59 Å². The Hall–Kier alpha value is -2.70. The molecule has 1 unspecified atom stereocenters. The van der Waals surface area contributed by atoms with Gasteiger partial charge in [0.2, 0.25) is 11.8 Å². The van der Waals surface area contributed by atoms with E-state index >= 15 is 0 Å². The fourth-order valence-corrected chi connectivity index (χ4v) is 2.53. The number of anilines is 1. The van der Waals surface area contributed by atoms with Gasteiger partial charge in [0, 0.05) is 38.3 Å². The van der Waals surface area contributed by atoms with Crippen LogP contribution in [0.15, 0.2) is 30.6 Å². The second-order valence-corrected chi connectivity index (χ2v) is 5.51. The van der Waals surface area contributed by atoms with Gasteiger partial charge in [-0.3, -0.25) is 9.59 Å². The van der Waals surface area contributed by atoms with Crippen LogP contribution in [0.5, 0.6) is 0 Å². The van der Waals surface area contributed by atoms with Crippen molar-refractivity contribution in [3.63, 3.8) is 0 Å². The predicted molar refractivity (Wildman–Crippen MR) is 80.8 cm³/mol. The van der Waals surface area contributed by atoms with Crippen LogP contribution in [0.3, 0.4) is 0 Å². The molecule has 22 heavy (non-hydrogen) atoms. The first-order chi connectivity index (χ1) is 10.5. The van der Waals surface area contributed by atoms with E-state index in [1.165, 1.54) is 0 Å². The van der Waals surface area contributed by atoms with E-state index in [1.54, 1.807) is 18.3 Å². The lowest BCUT2D eigenvalue weighted by Gasteiger charge is -2.11. The summed E-state index contributed by atoms with van der Waals surface area (Å²) < 4.78 is 1.83. The van der Waals surface area contributed by atoms with Crippen LogP contribution < -0.4 is 5.32 Å². The van der Waals surface area contributed by atoms with E-state index in [1.807, 2.05) is 35.9 Å². The molecule has 7 nitrogen and oxygen atoms in total. The van der Waals surface area contributed by atoms with E-state index in [-0.39, 0.29) is 24.2 Å². The molecule has 0 radical (unpaired) electrons. The maximum Gasteiger partial charge on any atom is 0.229 e. The first kappa shape index (κ1) is 14.2. The predicted octanol–water partition coefficient (Wildman–Crippen LogP) is 0.899. The summed E-state index contributed by atoms with van der Waals surface area (Å²) in [5, 5.41) is 10.7. The Morgan fingerprint density at radius 1 is 1.27 bits per heavy atom. The molecule has 1 saturated heterocycles. The number of aryl methyl sites for hydroxylation is 1. The van der Waals surface area contributed by atoms with E-state index in [0.717, 1.165) is 11.4 Å². The summed E-state index contributed by atoms with van der Waals surface area (Å²) in [6.07, 6.45) is 1.91. The molecule has 2 aromatic rings. The molecule has 0 spiro atoms. The number of nitrogens with one attached hydrogen (secondary N) is 1. The monoisotopic (exact) mass is 299 g/mol. The Morgan fingerprint density at radius 2 is 2.00 bits per heavy atom. The Labute approximate surface area is 127 Å². The zero-order chi connectivity index (χ0) is 15.7. The Kier molecular flexibility index (Phi) is 3.62. The van der Waals surface area contributed by atoms with Gasteiger partial charge in [-0.05, 0) is 24.3 Å². The molecule has 2 heterocycles. The average molecular weight is 299 g/mol. The summed E-state index contributed by atoms with van der Waals surface area (Å²) in [7, 11) is 3.59. The zero-order valence-electron chi connectivity index (χ0n) is 12.5. The molecule has 1 aromatic carbocycles. The number of hydrogen-bond acceptors (Lipinski definition) is 4. The number of carbonyl (C=O) groups is 2. The van der Waals surface area contributed by atoms with Crippen LogP contribution in [0.25, 0.3) is 11.4 Å². The molecule has 0 aliphatic carbocycles. The first-order valence-electron chi connectivity index (χ1n) is 7.04. The summed E-state index contributed by atoms with van der Waals surface area (Å²) in [6, 6.07) is 7.40. The fourth-order valence-electron chi connectivity index (χ4n) is 2.53. The highest BCUT2D eigenvalue weighted by Crippen LogP contribution is 2.21. The van der Waals surface area contributed by atoms with Crippen LogP contribution in [-0.2, 0) is 16.6 Å². The molecular formula is C15H17N5O2. The fraction of sp³-hybridized carbons (Fsp3) is 0.333. The molecule has 1 fully saturated rings. The normalized spacial score (nSPS) is 17.8. The van der Waals surface area contributed by atoms with Gasteiger partial charge in [-0.15, -0.1) is 10.2 Å². The summed E-state index contributed by atoms with van der Waals surface area (Å²) in [5.74, 6) is 0.374. The van der Waals surface area contributed by atoms with Gasteiger partial charge < -0.3 is 14.8 Å². The average Bonchev–Trinajstić information content (AvgIpc) is 3.07. The standard InChI is InChI=1S/C15H17N5O2/c1-19-8-11(7-13(19)21)15(22)17-12-5-3-10(4-6-12)14-18-16-9-20(14)2/h3-6,9,11H,7-8H2,1-2H3,(H,17,22). The number of rotatable bonds is 3. The van der Waals surface area contributed by atoms with Gasteiger partial charge in [-0.1, -0.05) is 0 Å². The van der Waals surface area contributed by atoms with Crippen molar-refractivity contribution in [2.75, 3.05) is 18.9 Å². The molecule has 1 aromatic heterocycles. The Bertz CT molecular complexity index is 707. The highest BCUT2D eigenvalue weighted by molar-refractivity contribution is 5.97. The van der Waals surface area contributed by atoms with Crippen LogP contribution in [0.1, 0.15) is 6.42 Å². The van der Waals surface area contributed by atoms with Crippen molar-refractivity contribution >= 4 is 17.5 Å². The smallest absolute Gasteiger partial charge is 0.229 e. The van der Waals surface area contributed by atoms with Crippen molar-refractivity contribution in [2.24, 2.45) is 13.0 Å². The third-order valence-corrected chi connectivity index (χ3v) is 3.83. The Balaban J connectivity index is 1.68. The number of hydrogen-bond donors (Lipinski definition) is 1. The van der Waals surface area contributed by atoms with Crippen molar-refractivity contribution in [1.29, 1.82) is 0 Å². The summed E-state index contributed by atoms with van der Waals surface area (Å²) >= 11 is 0. The van der Waals surface area contributed by atoms with Crippen molar-refractivity contribution in [1.82, 2.24) is 19.7 Å². The zero-order valence-corrected chi connectivity index (χ0v) is 12.5. The van der Waals surface area contributed by atoms with Crippen LogP contribution in [0, 0.1) is 5.92 Å². The van der Waals surface area contributed by atoms with Gasteiger partial charge in [0.15, 0.2) is 5.82 Å². The molecule has 1 aliphatic heterocycles. The lowest BCUT2D eigenvalue weighted by molar-refractivity contribution is -0.127. The molecule has 0 bridgehead atoms. The number of amides is 2. The molecule has 7 heteroatoms. The lowest BCUT2D eigenvalue weighted by atomic mass is 10.1. The van der Waals surface area contributed by atoms with Crippen molar-refractivity contribution in [2.45, 2.75) is 6.42 Å². The molecule has 1 N–H and O–H groups in total. The molecule has 114 valence electrons. The molecule has 0 saturated carbocycles. The number of aromatic nitrogens is 3. The van der Waals surface area contributed by atoms with Crippen LogP contribution in [0.2, 0.25) is 0 Å². The number of likely N-dealkylation sites (tertiary alicyclic amines) is 1. The molecular weight excluding hydrogens is 282 g/mol. The summed E-state index contributed by atoms with van der Waals surface area (Å²) in [5.41, 5.74) is 1.63. The lowest BCUT2D eigenvalue weighted by Crippen LogP contribution is -2.25. The van der Waals surface area contributed by atoms with E-state index in [4.69, 9.17) is 0 Å². The largest absolute Gasteiger partial charge is 0.345 e. The maximum absolute atomic E-state index is 12.2. The van der Waals surface area contributed by atoms with Gasteiger partial charge in [-0.25, -0.2) is 0 Å². The number of benzene rings is 1. The molecule has 2 amide bonds. The van der Waals surface area contributed by atoms with Crippen LogP contribution >= 0.6 is 0 Å². The Morgan fingerprint density at radius 3 is 2.55 bits per heavy atom. The van der Waals surface area contributed by atoms with E-state index in [9.17, 15) is 9.59 Å². The molecule has 1 atom stereocenters. The highest BCUT2D eigenvalue weighted by atomic mass is 16.2.